The zero-order valence-corrected chi connectivity index (χ0v) is 12.6. The summed E-state index contributed by atoms with van der Waals surface area (Å²) in [5, 5.41) is 13.4. The highest BCUT2D eigenvalue weighted by atomic mass is 16.5. The first-order valence-corrected chi connectivity index (χ1v) is 7.78. The molecule has 1 aromatic carbocycles. The van der Waals surface area contributed by atoms with E-state index in [1.807, 2.05) is 31.2 Å². The Morgan fingerprint density at radius 3 is 2.85 bits per heavy atom. The minimum absolute atomic E-state index is 0.344. The molecule has 112 valence electrons. The van der Waals surface area contributed by atoms with Crippen LogP contribution >= 0.6 is 0 Å². The molecular weight excluding hydrogens is 250 g/mol. The van der Waals surface area contributed by atoms with E-state index >= 15 is 0 Å². The van der Waals surface area contributed by atoms with Crippen molar-refractivity contribution in [3.63, 3.8) is 0 Å². The molecule has 20 heavy (non-hydrogen) atoms. The second kappa shape index (κ2) is 7.65. The van der Waals surface area contributed by atoms with Crippen molar-refractivity contribution in [1.82, 2.24) is 5.32 Å². The van der Waals surface area contributed by atoms with Gasteiger partial charge in [0.05, 0.1) is 0 Å². The number of hydrogen-bond acceptors (Lipinski definition) is 3. The molecule has 0 amide bonds. The van der Waals surface area contributed by atoms with Gasteiger partial charge in [-0.3, -0.25) is 0 Å². The maximum absolute atomic E-state index is 9.99. The molecule has 0 aliphatic heterocycles. The van der Waals surface area contributed by atoms with Gasteiger partial charge in [0, 0.05) is 12.6 Å². The molecule has 0 aromatic heterocycles. The summed E-state index contributed by atoms with van der Waals surface area (Å²) in [6.07, 6.45) is 4.70. The minimum atomic E-state index is -0.455. The summed E-state index contributed by atoms with van der Waals surface area (Å²) >= 11 is 0. The van der Waals surface area contributed by atoms with Crippen LogP contribution in [0.1, 0.15) is 38.2 Å². The molecule has 1 aliphatic rings. The number of nitrogens with one attached hydrogen (secondary N) is 1. The summed E-state index contributed by atoms with van der Waals surface area (Å²) < 4.78 is 5.62. The third-order valence-electron chi connectivity index (χ3n) is 3.88. The van der Waals surface area contributed by atoms with E-state index in [4.69, 9.17) is 4.74 Å². The topological polar surface area (TPSA) is 41.5 Å². The fraction of sp³-hybridized carbons (Fsp3) is 0.647. The Hall–Kier alpha value is -1.06. The molecule has 1 aliphatic carbocycles. The number of benzene rings is 1. The summed E-state index contributed by atoms with van der Waals surface area (Å²) in [4.78, 5) is 0. The first kappa shape index (κ1) is 15.3. The Bertz CT molecular complexity index is 404. The molecule has 2 rings (SSSR count). The molecule has 1 fully saturated rings. The Labute approximate surface area is 122 Å². The van der Waals surface area contributed by atoms with E-state index in [2.05, 4.69) is 12.2 Å². The molecule has 0 spiro atoms. The standard InChI is InChI=1S/C17H27NO2/c1-3-15(10-14-7-8-14)18-11-16(19)12-20-17-6-4-5-13(2)9-17/h4-6,9,14-16,18-19H,3,7-8,10-12H2,1-2H3. The first-order chi connectivity index (χ1) is 9.67. The number of aryl methyl sites for hydroxylation is 1. The summed E-state index contributed by atoms with van der Waals surface area (Å²) in [6, 6.07) is 8.46. The summed E-state index contributed by atoms with van der Waals surface area (Å²) in [5.41, 5.74) is 1.17. The Morgan fingerprint density at radius 1 is 1.40 bits per heavy atom. The van der Waals surface area contributed by atoms with Gasteiger partial charge in [0.1, 0.15) is 18.5 Å². The van der Waals surface area contributed by atoms with Gasteiger partial charge < -0.3 is 15.2 Å². The summed E-state index contributed by atoms with van der Waals surface area (Å²) in [6.45, 7) is 5.19. The van der Waals surface area contributed by atoms with Crippen LogP contribution in [0.4, 0.5) is 0 Å². The molecule has 2 unspecified atom stereocenters. The van der Waals surface area contributed by atoms with Crippen molar-refractivity contribution in [3.05, 3.63) is 29.8 Å². The van der Waals surface area contributed by atoms with Crippen LogP contribution in [0.5, 0.6) is 5.75 Å². The van der Waals surface area contributed by atoms with Crippen LogP contribution in [0.3, 0.4) is 0 Å². The van der Waals surface area contributed by atoms with Gasteiger partial charge in [-0.2, -0.15) is 0 Å². The molecule has 1 saturated carbocycles. The molecule has 2 N–H and O–H groups in total. The predicted molar refractivity (Wildman–Crippen MR) is 82.1 cm³/mol. The van der Waals surface area contributed by atoms with E-state index in [1.54, 1.807) is 0 Å². The molecule has 1 aromatic rings. The lowest BCUT2D eigenvalue weighted by Gasteiger charge is -2.19. The van der Waals surface area contributed by atoms with E-state index < -0.39 is 6.10 Å². The number of hydrogen-bond donors (Lipinski definition) is 2. The quantitative estimate of drug-likeness (QED) is 0.729. The van der Waals surface area contributed by atoms with Gasteiger partial charge in [-0.15, -0.1) is 0 Å². The molecule has 0 radical (unpaired) electrons. The van der Waals surface area contributed by atoms with Crippen LogP contribution in [-0.2, 0) is 0 Å². The fourth-order valence-corrected chi connectivity index (χ4v) is 2.41. The van der Waals surface area contributed by atoms with Crippen LogP contribution in [0, 0.1) is 12.8 Å². The van der Waals surface area contributed by atoms with Gasteiger partial charge in [0.25, 0.3) is 0 Å². The molecule has 0 heterocycles. The van der Waals surface area contributed by atoms with Crippen molar-refractivity contribution in [3.8, 4) is 5.75 Å². The van der Waals surface area contributed by atoms with Crippen LogP contribution in [-0.4, -0.2) is 30.4 Å². The molecule has 2 atom stereocenters. The molecule has 0 saturated heterocycles. The maximum Gasteiger partial charge on any atom is 0.119 e. The van der Waals surface area contributed by atoms with Crippen molar-refractivity contribution < 1.29 is 9.84 Å². The van der Waals surface area contributed by atoms with Gasteiger partial charge in [0.2, 0.25) is 0 Å². The van der Waals surface area contributed by atoms with Crippen molar-refractivity contribution in [2.45, 2.75) is 51.7 Å². The Kier molecular flexibility index (Phi) is 5.86. The summed E-state index contributed by atoms with van der Waals surface area (Å²) in [5.74, 6) is 1.75. The Balaban J connectivity index is 1.65. The third kappa shape index (κ3) is 5.51. The van der Waals surface area contributed by atoms with E-state index in [0.717, 1.165) is 18.1 Å². The molecule has 3 nitrogen and oxygen atoms in total. The van der Waals surface area contributed by atoms with E-state index in [0.29, 0.717) is 19.2 Å². The summed E-state index contributed by atoms with van der Waals surface area (Å²) in [7, 11) is 0. The SMILES string of the molecule is CCC(CC1CC1)NCC(O)COc1cccc(C)c1. The monoisotopic (exact) mass is 277 g/mol. The second-order valence-electron chi connectivity index (χ2n) is 5.97. The fourth-order valence-electron chi connectivity index (χ4n) is 2.41. The van der Waals surface area contributed by atoms with Gasteiger partial charge in [-0.25, -0.2) is 0 Å². The largest absolute Gasteiger partial charge is 0.491 e. The number of aliphatic hydroxyl groups excluding tert-OH is 1. The first-order valence-electron chi connectivity index (χ1n) is 7.78. The Morgan fingerprint density at radius 2 is 2.20 bits per heavy atom. The van der Waals surface area contributed by atoms with Crippen molar-refractivity contribution in [2.75, 3.05) is 13.2 Å². The molecule has 0 bridgehead atoms. The van der Waals surface area contributed by atoms with Crippen molar-refractivity contribution in [2.24, 2.45) is 5.92 Å². The highest BCUT2D eigenvalue weighted by molar-refractivity contribution is 5.27. The van der Waals surface area contributed by atoms with Crippen molar-refractivity contribution >= 4 is 0 Å². The molecule has 3 heteroatoms. The normalized spacial score (nSPS) is 17.8. The zero-order valence-electron chi connectivity index (χ0n) is 12.6. The van der Waals surface area contributed by atoms with Crippen LogP contribution < -0.4 is 10.1 Å². The lowest BCUT2D eigenvalue weighted by molar-refractivity contribution is 0.103. The lowest BCUT2D eigenvalue weighted by atomic mass is 10.1. The second-order valence-corrected chi connectivity index (χ2v) is 5.97. The number of aliphatic hydroxyl groups is 1. The van der Waals surface area contributed by atoms with E-state index in [9.17, 15) is 5.11 Å². The third-order valence-corrected chi connectivity index (χ3v) is 3.88. The van der Waals surface area contributed by atoms with Gasteiger partial charge in [-0.05, 0) is 43.4 Å². The van der Waals surface area contributed by atoms with Crippen LogP contribution in [0.2, 0.25) is 0 Å². The maximum atomic E-state index is 9.99. The number of ether oxygens (including phenoxy) is 1. The average Bonchev–Trinajstić information content (AvgIpc) is 3.25. The van der Waals surface area contributed by atoms with Crippen LogP contribution in [0.25, 0.3) is 0 Å². The van der Waals surface area contributed by atoms with E-state index in [-0.39, 0.29) is 0 Å². The minimum Gasteiger partial charge on any atom is -0.491 e. The van der Waals surface area contributed by atoms with Gasteiger partial charge >= 0.3 is 0 Å². The van der Waals surface area contributed by atoms with Gasteiger partial charge in [-0.1, -0.05) is 31.9 Å². The van der Waals surface area contributed by atoms with Crippen molar-refractivity contribution in [1.29, 1.82) is 0 Å². The van der Waals surface area contributed by atoms with Crippen LogP contribution in [0.15, 0.2) is 24.3 Å². The molecular formula is C17H27NO2. The predicted octanol–water partition coefficient (Wildman–Crippen LogP) is 2.90. The highest BCUT2D eigenvalue weighted by Crippen LogP contribution is 2.33. The average molecular weight is 277 g/mol. The highest BCUT2D eigenvalue weighted by Gasteiger charge is 2.24. The van der Waals surface area contributed by atoms with Gasteiger partial charge in [0.15, 0.2) is 0 Å². The smallest absolute Gasteiger partial charge is 0.119 e. The zero-order chi connectivity index (χ0) is 14.4. The number of rotatable bonds is 9. The van der Waals surface area contributed by atoms with E-state index in [1.165, 1.54) is 24.8 Å². The lowest BCUT2D eigenvalue weighted by Crippen LogP contribution is -2.38.